The number of hydrogen-bond donors (Lipinski definition) is 2. The van der Waals surface area contributed by atoms with Crippen molar-refractivity contribution >= 4 is 34.6 Å². The second-order valence-electron chi connectivity index (χ2n) is 5.66. The molecule has 3 aromatic rings. The first-order valence-electron chi connectivity index (χ1n) is 7.86. The zero-order chi connectivity index (χ0) is 18.5. The maximum Gasteiger partial charge on any atom is 0.274 e. The smallest absolute Gasteiger partial charge is 0.274 e. The second kappa shape index (κ2) is 7.68. The lowest BCUT2D eigenvalue weighted by atomic mass is 10.2. The molecule has 1 heterocycles. The lowest BCUT2D eigenvalue weighted by Gasteiger charge is -2.10. The van der Waals surface area contributed by atoms with Gasteiger partial charge in [-0.3, -0.25) is 9.78 Å². The number of aryl methyl sites for hydroxylation is 1. The number of halogens is 1. The highest BCUT2D eigenvalue weighted by molar-refractivity contribution is 6.30. The number of carbonyl (C=O) groups excluding carboxylic acids is 1. The summed E-state index contributed by atoms with van der Waals surface area (Å²) in [6.07, 6.45) is 1.56. The lowest BCUT2D eigenvalue weighted by molar-refractivity contribution is 0.102. The summed E-state index contributed by atoms with van der Waals surface area (Å²) in [6, 6.07) is 17.9. The van der Waals surface area contributed by atoms with Crippen LogP contribution in [0.5, 0.6) is 0 Å². The van der Waals surface area contributed by atoms with Gasteiger partial charge in [-0.1, -0.05) is 17.7 Å². The molecule has 0 fully saturated rings. The maximum atomic E-state index is 12.5. The van der Waals surface area contributed by atoms with Crippen LogP contribution < -0.4 is 10.6 Å². The van der Waals surface area contributed by atoms with E-state index in [0.717, 1.165) is 11.3 Å². The number of carbonyl (C=O) groups is 1. The van der Waals surface area contributed by atoms with E-state index >= 15 is 0 Å². The molecule has 0 radical (unpaired) electrons. The molecule has 0 spiro atoms. The van der Waals surface area contributed by atoms with Gasteiger partial charge in [-0.2, -0.15) is 5.26 Å². The van der Waals surface area contributed by atoms with Crippen LogP contribution >= 0.6 is 11.6 Å². The summed E-state index contributed by atoms with van der Waals surface area (Å²) in [4.78, 5) is 16.6. The molecular formula is C20H15ClN4O. The standard InChI is InChI=1S/C20H15ClN4O/c1-13-9-15(21)5-6-18(13)25-20(26)19-11-17(7-8-23-19)24-16-4-2-3-14(10-16)12-22/h2-11H,1H3,(H,23,24)(H,25,26). The number of anilines is 3. The monoisotopic (exact) mass is 362 g/mol. The number of rotatable bonds is 4. The Morgan fingerprint density at radius 2 is 1.92 bits per heavy atom. The van der Waals surface area contributed by atoms with E-state index in [4.69, 9.17) is 16.9 Å². The van der Waals surface area contributed by atoms with E-state index in [1.54, 1.807) is 54.7 Å². The minimum atomic E-state index is -0.315. The maximum absolute atomic E-state index is 12.5. The Hall–Kier alpha value is -3.36. The highest BCUT2D eigenvalue weighted by Gasteiger charge is 2.10. The predicted molar refractivity (Wildman–Crippen MR) is 103 cm³/mol. The molecule has 0 bridgehead atoms. The van der Waals surface area contributed by atoms with Crippen molar-refractivity contribution in [1.82, 2.24) is 4.98 Å². The van der Waals surface area contributed by atoms with Crippen LogP contribution in [0, 0.1) is 18.3 Å². The Balaban J connectivity index is 1.78. The minimum absolute atomic E-state index is 0.279. The zero-order valence-electron chi connectivity index (χ0n) is 14.0. The Morgan fingerprint density at radius 1 is 1.12 bits per heavy atom. The Bertz CT molecular complexity index is 1010. The first-order chi connectivity index (χ1) is 12.5. The van der Waals surface area contributed by atoms with Gasteiger partial charge in [-0.25, -0.2) is 0 Å². The third-order valence-electron chi connectivity index (χ3n) is 3.71. The van der Waals surface area contributed by atoms with Gasteiger partial charge < -0.3 is 10.6 Å². The van der Waals surface area contributed by atoms with Crippen molar-refractivity contribution in [3.8, 4) is 6.07 Å². The van der Waals surface area contributed by atoms with Gasteiger partial charge in [0.1, 0.15) is 5.69 Å². The third-order valence-corrected chi connectivity index (χ3v) is 3.94. The molecule has 2 aromatic carbocycles. The van der Waals surface area contributed by atoms with Gasteiger partial charge >= 0.3 is 0 Å². The summed E-state index contributed by atoms with van der Waals surface area (Å²) in [5.41, 5.74) is 3.85. The van der Waals surface area contributed by atoms with Gasteiger partial charge in [0.05, 0.1) is 11.6 Å². The number of nitrogens with zero attached hydrogens (tertiary/aromatic N) is 2. The second-order valence-corrected chi connectivity index (χ2v) is 6.10. The van der Waals surface area contributed by atoms with Crippen LogP contribution in [0.4, 0.5) is 17.1 Å². The van der Waals surface area contributed by atoms with Crippen molar-refractivity contribution < 1.29 is 4.79 Å². The lowest BCUT2D eigenvalue weighted by Crippen LogP contribution is -2.14. The summed E-state index contributed by atoms with van der Waals surface area (Å²) in [5, 5.41) is 15.6. The van der Waals surface area contributed by atoms with Crippen LogP contribution in [0.1, 0.15) is 21.6 Å². The van der Waals surface area contributed by atoms with Gasteiger partial charge in [-0.05, 0) is 61.0 Å². The van der Waals surface area contributed by atoms with E-state index in [0.29, 0.717) is 22.0 Å². The molecule has 1 aromatic heterocycles. The SMILES string of the molecule is Cc1cc(Cl)ccc1NC(=O)c1cc(Nc2cccc(C#N)c2)ccn1. The van der Waals surface area contributed by atoms with Crippen molar-refractivity contribution in [2.24, 2.45) is 0 Å². The van der Waals surface area contributed by atoms with Crippen molar-refractivity contribution in [2.75, 3.05) is 10.6 Å². The van der Waals surface area contributed by atoms with Gasteiger partial charge in [-0.15, -0.1) is 0 Å². The molecule has 0 saturated carbocycles. The average Bonchev–Trinajstić information content (AvgIpc) is 2.64. The average molecular weight is 363 g/mol. The zero-order valence-corrected chi connectivity index (χ0v) is 14.7. The van der Waals surface area contributed by atoms with E-state index in [-0.39, 0.29) is 11.6 Å². The minimum Gasteiger partial charge on any atom is -0.355 e. The first-order valence-corrected chi connectivity index (χ1v) is 8.24. The molecule has 5 nitrogen and oxygen atoms in total. The van der Waals surface area contributed by atoms with Gasteiger partial charge in [0.15, 0.2) is 0 Å². The number of benzene rings is 2. The molecule has 0 aliphatic heterocycles. The van der Waals surface area contributed by atoms with Crippen LogP contribution in [0.2, 0.25) is 5.02 Å². The van der Waals surface area contributed by atoms with E-state index < -0.39 is 0 Å². The van der Waals surface area contributed by atoms with Crippen molar-refractivity contribution in [3.05, 3.63) is 82.6 Å². The van der Waals surface area contributed by atoms with Crippen LogP contribution in [-0.4, -0.2) is 10.9 Å². The number of nitriles is 1. The molecule has 0 aliphatic carbocycles. The normalized spacial score (nSPS) is 10.0. The highest BCUT2D eigenvalue weighted by Crippen LogP contribution is 2.21. The molecule has 3 rings (SSSR count). The number of aromatic nitrogens is 1. The summed E-state index contributed by atoms with van der Waals surface area (Å²) < 4.78 is 0. The van der Waals surface area contributed by atoms with E-state index in [2.05, 4.69) is 21.7 Å². The molecule has 6 heteroatoms. The summed E-state index contributed by atoms with van der Waals surface area (Å²) in [6.45, 7) is 1.87. The largest absolute Gasteiger partial charge is 0.355 e. The number of nitrogens with one attached hydrogen (secondary N) is 2. The van der Waals surface area contributed by atoms with Gasteiger partial charge in [0.2, 0.25) is 0 Å². The molecule has 1 amide bonds. The van der Waals surface area contributed by atoms with Crippen molar-refractivity contribution in [2.45, 2.75) is 6.92 Å². The Labute approximate surface area is 156 Å². The highest BCUT2D eigenvalue weighted by atomic mass is 35.5. The topological polar surface area (TPSA) is 77.8 Å². The summed E-state index contributed by atoms with van der Waals surface area (Å²) in [7, 11) is 0. The van der Waals surface area contributed by atoms with Gasteiger partial charge in [0.25, 0.3) is 5.91 Å². The summed E-state index contributed by atoms with van der Waals surface area (Å²) >= 11 is 5.94. The quantitative estimate of drug-likeness (QED) is 0.691. The Morgan fingerprint density at radius 3 is 2.69 bits per heavy atom. The molecule has 26 heavy (non-hydrogen) atoms. The van der Waals surface area contributed by atoms with Crippen LogP contribution in [0.3, 0.4) is 0 Å². The number of hydrogen-bond acceptors (Lipinski definition) is 4. The fourth-order valence-corrected chi connectivity index (χ4v) is 2.65. The molecule has 2 N–H and O–H groups in total. The summed E-state index contributed by atoms with van der Waals surface area (Å²) in [5.74, 6) is -0.315. The van der Waals surface area contributed by atoms with Crippen LogP contribution in [-0.2, 0) is 0 Å². The van der Waals surface area contributed by atoms with Crippen LogP contribution in [0.15, 0.2) is 60.8 Å². The molecule has 0 aliphatic rings. The van der Waals surface area contributed by atoms with Crippen LogP contribution in [0.25, 0.3) is 0 Å². The molecule has 128 valence electrons. The molecule has 0 atom stereocenters. The fourth-order valence-electron chi connectivity index (χ4n) is 2.42. The number of amides is 1. The van der Waals surface area contributed by atoms with Crippen molar-refractivity contribution in [1.29, 1.82) is 5.26 Å². The number of pyridine rings is 1. The fraction of sp³-hybridized carbons (Fsp3) is 0.0500. The Kier molecular flexibility index (Phi) is 5.16. The molecule has 0 saturated heterocycles. The van der Waals surface area contributed by atoms with E-state index in [1.165, 1.54) is 0 Å². The third kappa shape index (κ3) is 4.18. The van der Waals surface area contributed by atoms with Gasteiger partial charge in [0, 0.05) is 28.3 Å². The predicted octanol–water partition coefficient (Wildman–Crippen LogP) is 4.91. The molecular weight excluding hydrogens is 348 g/mol. The van der Waals surface area contributed by atoms with E-state index in [1.807, 2.05) is 13.0 Å². The first kappa shape index (κ1) is 17.5. The molecule has 0 unspecified atom stereocenters. The van der Waals surface area contributed by atoms with E-state index in [9.17, 15) is 4.79 Å². The van der Waals surface area contributed by atoms with Crippen molar-refractivity contribution in [3.63, 3.8) is 0 Å².